The predicted octanol–water partition coefficient (Wildman–Crippen LogP) is 2.61. The first kappa shape index (κ1) is 18.2. The molecule has 0 aromatic heterocycles. The zero-order valence-electron chi connectivity index (χ0n) is 15.6. The van der Waals surface area contributed by atoms with Crippen LogP contribution in [0.4, 0.5) is 0 Å². The third-order valence-corrected chi connectivity index (χ3v) is 6.08. The van der Waals surface area contributed by atoms with E-state index in [1.165, 1.54) is 4.90 Å². The standard InChI is InChI=1S/C20H30N2O3/c1-4-11-21(12-5-2)18(23)15(6-3)22-19(24)16-13-7-8-14(10-9-13)17(16)20(22)25/h7-8,13-17H,4-6,9-12H2,1-3H3/t13-,14-,15-,16-,17+/m0/s1. The van der Waals surface area contributed by atoms with Gasteiger partial charge in [0.1, 0.15) is 6.04 Å². The van der Waals surface area contributed by atoms with Crippen molar-refractivity contribution in [2.45, 2.75) is 58.9 Å². The molecule has 0 aromatic carbocycles. The highest BCUT2D eigenvalue weighted by Gasteiger charge is 2.58. The van der Waals surface area contributed by atoms with Crippen LogP contribution >= 0.6 is 0 Å². The highest BCUT2D eigenvalue weighted by Crippen LogP contribution is 2.50. The number of likely N-dealkylation sites (tertiary alicyclic amines) is 1. The molecule has 1 saturated heterocycles. The van der Waals surface area contributed by atoms with Gasteiger partial charge in [0, 0.05) is 13.1 Å². The largest absolute Gasteiger partial charge is 0.341 e. The summed E-state index contributed by atoms with van der Waals surface area (Å²) in [6, 6.07) is -0.636. The summed E-state index contributed by atoms with van der Waals surface area (Å²) in [5.74, 6) is -0.401. The number of hydrogen-bond donors (Lipinski definition) is 0. The lowest BCUT2D eigenvalue weighted by atomic mass is 9.63. The number of amides is 3. The van der Waals surface area contributed by atoms with Gasteiger partial charge in [-0.3, -0.25) is 19.3 Å². The van der Waals surface area contributed by atoms with Gasteiger partial charge in [0.2, 0.25) is 17.7 Å². The Balaban J connectivity index is 1.85. The normalized spacial score (nSPS) is 31.4. The van der Waals surface area contributed by atoms with E-state index in [1.807, 2.05) is 25.7 Å². The number of hydrogen-bond acceptors (Lipinski definition) is 3. The molecule has 4 aliphatic rings. The zero-order valence-corrected chi connectivity index (χ0v) is 15.6. The van der Waals surface area contributed by atoms with Crippen molar-refractivity contribution in [3.05, 3.63) is 12.2 Å². The van der Waals surface area contributed by atoms with Crippen LogP contribution in [0.15, 0.2) is 12.2 Å². The number of carbonyl (C=O) groups is 3. The molecule has 5 heteroatoms. The van der Waals surface area contributed by atoms with Gasteiger partial charge >= 0.3 is 0 Å². The maximum absolute atomic E-state index is 13.1. The third kappa shape index (κ3) is 2.91. The van der Waals surface area contributed by atoms with E-state index < -0.39 is 6.04 Å². The smallest absolute Gasteiger partial charge is 0.245 e. The maximum atomic E-state index is 13.1. The van der Waals surface area contributed by atoms with Gasteiger partial charge in [0.15, 0.2) is 0 Å². The number of allylic oxidation sites excluding steroid dienone is 2. The number of rotatable bonds is 7. The minimum atomic E-state index is -0.636. The number of carbonyl (C=O) groups excluding carboxylic acids is 3. The van der Waals surface area contributed by atoms with Crippen LogP contribution in [0.5, 0.6) is 0 Å². The average molecular weight is 346 g/mol. The van der Waals surface area contributed by atoms with Crippen molar-refractivity contribution in [2.75, 3.05) is 13.1 Å². The van der Waals surface area contributed by atoms with Crippen LogP contribution in [0.1, 0.15) is 52.9 Å². The highest BCUT2D eigenvalue weighted by molar-refractivity contribution is 6.09. The summed E-state index contributed by atoms with van der Waals surface area (Å²) in [5, 5.41) is 0. The van der Waals surface area contributed by atoms with Crippen molar-refractivity contribution >= 4 is 17.7 Å². The molecule has 0 unspecified atom stereocenters. The van der Waals surface area contributed by atoms with Crippen LogP contribution in [0.3, 0.4) is 0 Å². The van der Waals surface area contributed by atoms with E-state index >= 15 is 0 Å². The third-order valence-electron chi connectivity index (χ3n) is 6.08. The molecule has 1 aliphatic heterocycles. The highest BCUT2D eigenvalue weighted by atomic mass is 16.2. The Bertz CT molecular complexity index is 547. The molecule has 1 saturated carbocycles. The fourth-order valence-electron chi connectivity index (χ4n) is 4.95. The second-order valence-electron chi connectivity index (χ2n) is 7.64. The van der Waals surface area contributed by atoms with Crippen molar-refractivity contribution in [1.82, 2.24) is 9.80 Å². The molecule has 0 aromatic rings. The Hall–Kier alpha value is -1.65. The van der Waals surface area contributed by atoms with Crippen LogP contribution in [0.25, 0.3) is 0 Å². The summed E-state index contributed by atoms with van der Waals surface area (Å²) < 4.78 is 0. The second kappa shape index (κ2) is 7.30. The summed E-state index contributed by atoms with van der Waals surface area (Å²) in [5.41, 5.74) is 0. The Morgan fingerprint density at radius 2 is 1.52 bits per heavy atom. The molecule has 138 valence electrons. The van der Waals surface area contributed by atoms with Crippen LogP contribution in [0.2, 0.25) is 0 Å². The lowest BCUT2D eigenvalue weighted by molar-refractivity contribution is -0.152. The molecule has 0 radical (unpaired) electrons. The van der Waals surface area contributed by atoms with Crippen molar-refractivity contribution in [2.24, 2.45) is 23.7 Å². The lowest BCUT2D eigenvalue weighted by Crippen LogP contribution is -2.51. The molecule has 1 heterocycles. The Morgan fingerprint density at radius 1 is 1.04 bits per heavy atom. The number of imide groups is 1. The van der Waals surface area contributed by atoms with Crippen LogP contribution in [-0.4, -0.2) is 46.7 Å². The number of nitrogens with zero attached hydrogens (tertiary/aromatic N) is 2. The van der Waals surface area contributed by atoms with E-state index in [4.69, 9.17) is 0 Å². The van der Waals surface area contributed by atoms with E-state index in [9.17, 15) is 14.4 Å². The van der Waals surface area contributed by atoms with Gasteiger partial charge < -0.3 is 4.90 Å². The monoisotopic (exact) mass is 346 g/mol. The first-order chi connectivity index (χ1) is 12.0. The Kier molecular flexibility index (Phi) is 5.30. The first-order valence-electron chi connectivity index (χ1n) is 9.89. The number of fused-ring (bicyclic) bond motifs is 1. The van der Waals surface area contributed by atoms with Crippen LogP contribution < -0.4 is 0 Å². The molecule has 3 aliphatic carbocycles. The Morgan fingerprint density at radius 3 is 1.88 bits per heavy atom. The lowest BCUT2D eigenvalue weighted by Gasteiger charge is -2.38. The van der Waals surface area contributed by atoms with E-state index in [0.717, 1.165) is 25.7 Å². The van der Waals surface area contributed by atoms with Gasteiger partial charge in [-0.25, -0.2) is 0 Å². The SMILES string of the molecule is CCCN(CCC)C(=O)[C@H](CC)N1C(=O)[C@@H]2[C@H](C1=O)[C@H]1C=C[C@H]2CC1. The Labute approximate surface area is 150 Å². The van der Waals surface area contributed by atoms with Gasteiger partial charge in [-0.15, -0.1) is 0 Å². The van der Waals surface area contributed by atoms with Gasteiger partial charge in [0.25, 0.3) is 0 Å². The van der Waals surface area contributed by atoms with E-state index in [1.54, 1.807) is 0 Å². The first-order valence-corrected chi connectivity index (χ1v) is 9.89. The minimum Gasteiger partial charge on any atom is -0.341 e. The topological polar surface area (TPSA) is 57.7 Å². The second-order valence-corrected chi connectivity index (χ2v) is 7.64. The molecule has 25 heavy (non-hydrogen) atoms. The van der Waals surface area contributed by atoms with Gasteiger partial charge in [0.05, 0.1) is 11.8 Å². The molecule has 5 nitrogen and oxygen atoms in total. The molecule has 4 rings (SSSR count). The fourth-order valence-corrected chi connectivity index (χ4v) is 4.95. The van der Waals surface area contributed by atoms with Crippen LogP contribution in [-0.2, 0) is 14.4 Å². The van der Waals surface area contributed by atoms with Crippen molar-refractivity contribution in [3.63, 3.8) is 0 Å². The van der Waals surface area contributed by atoms with Crippen molar-refractivity contribution in [3.8, 4) is 0 Å². The summed E-state index contributed by atoms with van der Waals surface area (Å²) in [4.78, 5) is 42.4. The van der Waals surface area contributed by atoms with Gasteiger partial charge in [-0.1, -0.05) is 32.9 Å². The molecular formula is C20H30N2O3. The zero-order chi connectivity index (χ0) is 18.1. The molecule has 5 atom stereocenters. The molecule has 3 amide bonds. The van der Waals surface area contributed by atoms with Gasteiger partial charge in [-0.05, 0) is 43.9 Å². The average Bonchev–Trinajstić information content (AvgIpc) is 2.90. The minimum absolute atomic E-state index is 0.0631. The molecule has 0 spiro atoms. The summed E-state index contributed by atoms with van der Waals surface area (Å²) in [7, 11) is 0. The quantitative estimate of drug-likeness (QED) is 0.526. The maximum Gasteiger partial charge on any atom is 0.245 e. The summed E-state index contributed by atoms with van der Waals surface area (Å²) >= 11 is 0. The van der Waals surface area contributed by atoms with Crippen LogP contribution in [0, 0.1) is 23.7 Å². The molecule has 0 N–H and O–H groups in total. The summed E-state index contributed by atoms with van der Waals surface area (Å²) in [6.07, 6.45) is 8.45. The molecule has 2 fully saturated rings. The van der Waals surface area contributed by atoms with E-state index in [-0.39, 0.29) is 41.4 Å². The molecule has 2 bridgehead atoms. The predicted molar refractivity (Wildman–Crippen MR) is 95.4 cm³/mol. The van der Waals surface area contributed by atoms with Crippen molar-refractivity contribution in [1.29, 1.82) is 0 Å². The van der Waals surface area contributed by atoms with E-state index in [0.29, 0.717) is 19.5 Å². The fraction of sp³-hybridized carbons (Fsp3) is 0.750. The van der Waals surface area contributed by atoms with Crippen molar-refractivity contribution < 1.29 is 14.4 Å². The summed E-state index contributed by atoms with van der Waals surface area (Å²) in [6.45, 7) is 7.34. The van der Waals surface area contributed by atoms with E-state index in [2.05, 4.69) is 12.2 Å². The molecular weight excluding hydrogens is 316 g/mol. The van der Waals surface area contributed by atoms with Gasteiger partial charge in [-0.2, -0.15) is 0 Å².